The van der Waals surface area contributed by atoms with Crippen LogP contribution in [0.15, 0.2) is 0 Å². The van der Waals surface area contributed by atoms with Gasteiger partial charge in [0.15, 0.2) is 0 Å². The predicted octanol–water partition coefficient (Wildman–Crippen LogP) is 1.34. The fourth-order valence-electron chi connectivity index (χ4n) is 1.48. The Kier molecular flexibility index (Phi) is 6.33. The minimum absolute atomic E-state index is 0.236. The second kappa shape index (κ2) is 6.38. The molecule has 1 atom stereocenters. The van der Waals surface area contributed by atoms with E-state index in [9.17, 15) is 0 Å². The van der Waals surface area contributed by atoms with Crippen LogP contribution in [0.25, 0.3) is 0 Å². The molecule has 0 aliphatic rings. The Bertz CT molecular complexity index is 142. The summed E-state index contributed by atoms with van der Waals surface area (Å²) in [7, 11) is 5.91. The van der Waals surface area contributed by atoms with Crippen molar-refractivity contribution >= 4 is 0 Å². The summed E-state index contributed by atoms with van der Waals surface area (Å²) in [6.45, 7) is 8.50. The molecule has 0 aromatic carbocycles. The van der Waals surface area contributed by atoms with Crippen molar-refractivity contribution in [2.24, 2.45) is 0 Å². The van der Waals surface area contributed by atoms with Gasteiger partial charge in [-0.3, -0.25) is 4.90 Å². The third-order valence-electron chi connectivity index (χ3n) is 3.17. The summed E-state index contributed by atoms with van der Waals surface area (Å²) in [5.41, 5.74) is 0.236. The molecule has 0 saturated carbocycles. The van der Waals surface area contributed by atoms with Crippen molar-refractivity contribution in [2.45, 2.75) is 38.8 Å². The van der Waals surface area contributed by atoms with E-state index in [4.69, 9.17) is 4.74 Å². The molecule has 0 aromatic heterocycles. The van der Waals surface area contributed by atoms with Gasteiger partial charge in [0.05, 0.1) is 6.61 Å². The molecule has 0 bridgehead atoms. The topological polar surface area (TPSA) is 24.5 Å². The van der Waals surface area contributed by atoms with E-state index in [1.54, 1.807) is 7.11 Å². The summed E-state index contributed by atoms with van der Waals surface area (Å²) in [6.07, 6.45) is 1.15. The van der Waals surface area contributed by atoms with Gasteiger partial charge in [0.2, 0.25) is 0 Å². The number of nitrogens with zero attached hydrogens (tertiary/aromatic N) is 1. The molecule has 0 fully saturated rings. The zero-order chi connectivity index (χ0) is 11.2. The Hall–Kier alpha value is -0.120. The van der Waals surface area contributed by atoms with Gasteiger partial charge in [-0.2, -0.15) is 0 Å². The summed E-state index contributed by atoms with van der Waals surface area (Å²) in [5, 5.41) is 3.21. The van der Waals surface area contributed by atoms with E-state index in [1.165, 1.54) is 0 Å². The molecule has 3 nitrogen and oxygen atoms in total. The number of methoxy groups -OCH3 is 1. The highest BCUT2D eigenvalue weighted by molar-refractivity contribution is 4.83. The average Bonchev–Trinajstić information content (AvgIpc) is 2.16. The number of likely N-dealkylation sites (N-methyl/N-ethyl adjacent to an activating group) is 2. The van der Waals surface area contributed by atoms with E-state index in [-0.39, 0.29) is 5.54 Å². The molecule has 0 aliphatic heterocycles. The van der Waals surface area contributed by atoms with Gasteiger partial charge in [0.1, 0.15) is 0 Å². The van der Waals surface area contributed by atoms with Crippen molar-refractivity contribution in [3.8, 4) is 0 Å². The standard InChI is InChI=1S/C11H26N2O/c1-7-11(2,3)13(5)10(8-12-4)9-14-6/h10,12H,7-9H2,1-6H3. The molecular formula is C11H26N2O. The fourth-order valence-corrected chi connectivity index (χ4v) is 1.48. The van der Waals surface area contributed by atoms with Gasteiger partial charge in [-0.1, -0.05) is 6.92 Å². The van der Waals surface area contributed by atoms with Gasteiger partial charge in [-0.25, -0.2) is 0 Å². The van der Waals surface area contributed by atoms with Crippen LogP contribution in [0.4, 0.5) is 0 Å². The number of hydrogen-bond donors (Lipinski definition) is 1. The Morgan fingerprint density at radius 1 is 1.43 bits per heavy atom. The first kappa shape index (κ1) is 13.9. The predicted molar refractivity (Wildman–Crippen MR) is 61.7 cm³/mol. The first-order valence-corrected chi connectivity index (χ1v) is 5.36. The first-order chi connectivity index (χ1) is 6.49. The summed E-state index contributed by atoms with van der Waals surface area (Å²) in [6, 6.07) is 0.444. The lowest BCUT2D eigenvalue weighted by molar-refractivity contribution is 0.0427. The Morgan fingerprint density at radius 2 is 2.00 bits per heavy atom. The van der Waals surface area contributed by atoms with Gasteiger partial charge >= 0.3 is 0 Å². The largest absolute Gasteiger partial charge is 0.383 e. The SMILES string of the molecule is CCC(C)(C)N(C)C(CNC)COC. The van der Waals surface area contributed by atoms with Gasteiger partial charge in [0, 0.05) is 25.2 Å². The minimum Gasteiger partial charge on any atom is -0.383 e. The van der Waals surface area contributed by atoms with Crippen molar-refractivity contribution in [3.05, 3.63) is 0 Å². The molecule has 0 aromatic rings. The smallest absolute Gasteiger partial charge is 0.0630 e. The molecule has 0 aliphatic carbocycles. The van der Waals surface area contributed by atoms with Crippen LogP contribution in [0.5, 0.6) is 0 Å². The third-order valence-corrected chi connectivity index (χ3v) is 3.17. The van der Waals surface area contributed by atoms with Crippen LogP contribution in [0.3, 0.4) is 0 Å². The van der Waals surface area contributed by atoms with E-state index in [1.807, 2.05) is 7.05 Å². The average molecular weight is 202 g/mol. The maximum atomic E-state index is 5.24. The molecule has 3 heteroatoms. The van der Waals surface area contributed by atoms with E-state index in [2.05, 4.69) is 38.0 Å². The van der Waals surface area contributed by atoms with Crippen molar-refractivity contribution in [1.29, 1.82) is 0 Å². The monoisotopic (exact) mass is 202 g/mol. The first-order valence-electron chi connectivity index (χ1n) is 5.36. The van der Waals surface area contributed by atoms with Gasteiger partial charge in [0.25, 0.3) is 0 Å². The van der Waals surface area contributed by atoms with E-state index < -0.39 is 0 Å². The molecule has 1 unspecified atom stereocenters. The molecule has 86 valence electrons. The number of hydrogen-bond acceptors (Lipinski definition) is 3. The molecule has 0 spiro atoms. The molecule has 0 rings (SSSR count). The van der Waals surface area contributed by atoms with Gasteiger partial charge in [-0.15, -0.1) is 0 Å². The quantitative estimate of drug-likeness (QED) is 0.674. The van der Waals surface area contributed by atoms with Crippen molar-refractivity contribution in [2.75, 3.05) is 34.4 Å². The fraction of sp³-hybridized carbons (Fsp3) is 1.00. The van der Waals surface area contributed by atoms with Crippen LogP contribution in [0.2, 0.25) is 0 Å². The second-order valence-electron chi connectivity index (χ2n) is 4.44. The van der Waals surface area contributed by atoms with Crippen LogP contribution >= 0.6 is 0 Å². The number of rotatable bonds is 7. The summed E-state index contributed by atoms with van der Waals surface area (Å²) in [4.78, 5) is 2.40. The molecule has 0 heterocycles. The van der Waals surface area contributed by atoms with Crippen LogP contribution in [-0.2, 0) is 4.74 Å². The summed E-state index contributed by atoms with van der Waals surface area (Å²) < 4.78 is 5.24. The van der Waals surface area contributed by atoms with Gasteiger partial charge < -0.3 is 10.1 Å². The second-order valence-corrected chi connectivity index (χ2v) is 4.44. The van der Waals surface area contributed by atoms with Crippen molar-refractivity contribution < 1.29 is 4.74 Å². The maximum absolute atomic E-state index is 5.24. The molecule has 0 amide bonds. The normalized spacial score (nSPS) is 14.8. The number of nitrogens with one attached hydrogen (secondary N) is 1. The summed E-state index contributed by atoms with van der Waals surface area (Å²) in [5.74, 6) is 0. The molecular weight excluding hydrogens is 176 g/mol. The lowest BCUT2D eigenvalue weighted by Crippen LogP contribution is -2.52. The molecule has 0 saturated heterocycles. The van der Waals surface area contributed by atoms with Crippen molar-refractivity contribution in [3.63, 3.8) is 0 Å². The maximum Gasteiger partial charge on any atom is 0.0630 e. The Labute approximate surface area is 88.8 Å². The van der Waals surface area contributed by atoms with Crippen LogP contribution < -0.4 is 5.32 Å². The van der Waals surface area contributed by atoms with Crippen LogP contribution in [0.1, 0.15) is 27.2 Å². The van der Waals surface area contributed by atoms with E-state index in [0.29, 0.717) is 6.04 Å². The third kappa shape index (κ3) is 3.95. The lowest BCUT2D eigenvalue weighted by atomic mass is 9.98. The van der Waals surface area contributed by atoms with E-state index in [0.717, 1.165) is 19.6 Å². The molecule has 14 heavy (non-hydrogen) atoms. The Balaban J connectivity index is 4.33. The van der Waals surface area contributed by atoms with Crippen molar-refractivity contribution in [1.82, 2.24) is 10.2 Å². The lowest BCUT2D eigenvalue weighted by Gasteiger charge is -2.40. The molecule has 1 N–H and O–H groups in total. The highest BCUT2D eigenvalue weighted by Crippen LogP contribution is 2.19. The molecule has 0 radical (unpaired) electrons. The van der Waals surface area contributed by atoms with Gasteiger partial charge in [-0.05, 0) is 34.4 Å². The number of ether oxygens (including phenoxy) is 1. The minimum atomic E-state index is 0.236. The Morgan fingerprint density at radius 3 is 2.36 bits per heavy atom. The van der Waals surface area contributed by atoms with Crippen LogP contribution in [-0.4, -0.2) is 50.8 Å². The highest BCUT2D eigenvalue weighted by Gasteiger charge is 2.27. The van der Waals surface area contributed by atoms with E-state index >= 15 is 0 Å². The highest BCUT2D eigenvalue weighted by atomic mass is 16.5. The summed E-state index contributed by atoms with van der Waals surface area (Å²) >= 11 is 0. The van der Waals surface area contributed by atoms with Crippen LogP contribution in [0, 0.1) is 0 Å². The zero-order valence-electron chi connectivity index (χ0n) is 10.6. The zero-order valence-corrected chi connectivity index (χ0v) is 10.6.